The Labute approximate surface area is 194 Å². The summed E-state index contributed by atoms with van der Waals surface area (Å²) in [5, 5.41) is 22.5. The van der Waals surface area contributed by atoms with Crippen LogP contribution < -0.4 is 15.4 Å². The van der Waals surface area contributed by atoms with Gasteiger partial charge >= 0.3 is 0 Å². The number of aromatic nitrogens is 4. The van der Waals surface area contributed by atoms with Crippen LogP contribution in [-0.2, 0) is 18.3 Å². The molecular weight excluding hydrogens is 439 g/mol. The fraction of sp³-hybridized carbons (Fsp3) is 0.304. The molecule has 2 N–H and O–H groups in total. The molecule has 2 aliphatic rings. The molecule has 0 saturated carbocycles. The minimum Gasteiger partial charge on any atom is -0.482 e. The van der Waals surface area contributed by atoms with E-state index in [1.54, 1.807) is 44.9 Å². The number of hydrogen-bond donors (Lipinski definition) is 1. The number of hydrogen-bond acceptors (Lipinski definition) is 8. The molecule has 34 heavy (non-hydrogen) atoms. The highest BCUT2D eigenvalue weighted by molar-refractivity contribution is 6.17. The number of nitriles is 1. The number of amides is 1. The van der Waals surface area contributed by atoms with E-state index in [4.69, 9.17) is 10.5 Å². The number of fused-ring (bicyclic) bond motifs is 7. The predicted molar refractivity (Wildman–Crippen MR) is 122 cm³/mol. The van der Waals surface area contributed by atoms with E-state index in [2.05, 4.69) is 26.4 Å². The van der Waals surface area contributed by atoms with E-state index in [-0.39, 0.29) is 29.6 Å². The highest BCUT2D eigenvalue weighted by atomic mass is 19.1. The summed E-state index contributed by atoms with van der Waals surface area (Å²) >= 11 is 0. The standard InChI is InChI=1S/C23H21FN8O2/c1-11-13-7-12(24)5-6-16(13)32-19(27-22(33)23(32,2)3)9-15-20(17(10-25)31(4)30-15)14-8-18(34-11)21(26)29-28-14/h5-8,11H,9H2,1-4H3,(H2,26,29)/t11-/m1/s1. The minimum absolute atomic E-state index is 0.0495. The number of carbonyl (C=O) groups is 1. The fourth-order valence-electron chi connectivity index (χ4n) is 4.44. The summed E-state index contributed by atoms with van der Waals surface area (Å²) in [6.45, 7) is 5.26. The van der Waals surface area contributed by atoms with Crippen molar-refractivity contribution in [2.24, 2.45) is 12.0 Å². The predicted octanol–water partition coefficient (Wildman–Crippen LogP) is 2.69. The van der Waals surface area contributed by atoms with Crippen LogP contribution in [0.25, 0.3) is 11.3 Å². The zero-order valence-corrected chi connectivity index (χ0v) is 19.0. The van der Waals surface area contributed by atoms with Gasteiger partial charge in [-0.3, -0.25) is 9.48 Å². The Kier molecular flexibility index (Phi) is 4.65. The zero-order chi connectivity index (χ0) is 24.4. The number of amidine groups is 1. The van der Waals surface area contributed by atoms with E-state index in [0.29, 0.717) is 34.0 Å². The van der Waals surface area contributed by atoms with Gasteiger partial charge in [0, 0.05) is 18.7 Å². The van der Waals surface area contributed by atoms with Crippen LogP contribution in [0.2, 0.25) is 0 Å². The van der Waals surface area contributed by atoms with Crippen LogP contribution in [0.4, 0.5) is 15.9 Å². The Balaban J connectivity index is 1.83. The maximum atomic E-state index is 14.4. The molecular formula is C23H21FN8O2. The van der Waals surface area contributed by atoms with Crippen molar-refractivity contribution in [3.8, 4) is 23.1 Å². The fourth-order valence-corrected chi connectivity index (χ4v) is 4.44. The first-order valence-corrected chi connectivity index (χ1v) is 10.6. The summed E-state index contributed by atoms with van der Waals surface area (Å²) < 4.78 is 21.9. The number of carbonyl (C=O) groups excluding carboxylic acids is 1. The Morgan fingerprint density at radius 2 is 2.06 bits per heavy atom. The highest BCUT2D eigenvalue weighted by Gasteiger charge is 2.45. The largest absolute Gasteiger partial charge is 0.482 e. The Morgan fingerprint density at radius 1 is 1.29 bits per heavy atom. The molecule has 0 aliphatic carbocycles. The van der Waals surface area contributed by atoms with Crippen LogP contribution in [0.15, 0.2) is 29.3 Å². The van der Waals surface area contributed by atoms with Crippen LogP contribution >= 0.6 is 0 Å². The number of ether oxygens (including phenoxy) is 1. The molecule has 2 aromatic heterocycles. The van der Waals surface area contributed by atoms with Crippen LogP contribution in [0.3, 0.4) is 0 Å². The van der Waals surface area contributed by atoms with E-state index >= 15 is 0 Å². The van der Waals surface area contributed by atoms with Crippen LogP contribution in [0.5, 0.6) is 5.75 Å². The van der Waals surface area contributed by atoms with E-state index < -0.39 is 17.5 Å². The normalized spacial score (nSPS) is 18.5. The number of nitrogens with two attached hydrogens (primary N) is 1. The third kappa shape index (κ3) is 3.10. The number of anilines is 2. The van der Waals surface area contributed by atoms with Gasteiger partial charge in [0.1, 0.15) is 40.8 Å². The lowest BCUT2D eigenvalue weighted by Crippen LogP contribution is -2.48. The van der Waals surface area contributed by atoms with Crippen LogP contribution in [0.1, 0.15) is 43.8 Å². The minimum atomic E-state index is -1.04. The molecule has 2 aliphatic heterocycles. The molecule has 2 bridgehead atoms. The molecule has 0 unspecified atom stereocenters. The summed E-state index contributed by atoms with van der Waals surface area (Å²) in [6, 6.07) is 8.04. The average Bonchev–Trinajstić information content (AvgIpc) is 3.20. The Hall–Kier alpha value is -4.33. The summed E-state index contributed by atoms with van der Waals surface area (Å²) in [7, 11) is 1.65. The van der Waals surface area contributed by atoms with Crippen molar-refractivity contribution >= 4 is 23.2 Å². The van der Waals surface area contributed by atoms with Crippen molar-refractivity contribution in [3.63, 3.8) is 0 Å². The van der Waals surface area contributed by atoms with Gasteiger partial charge in [-0.1, -0.05) is 0 Å². The second kappa shape index (κ2) is 7.34. The van der Waals surface area contributed by atoms with E-state index in [9.17, 15) is 14.4 Å². The number of nitrogen functional groups attached to an aromatic ring is 1. The third-order valence-electron chi connectivity index (χ3n) is 6.14. The van der Waals surface area contributed by atoms with E-state index in [0.717, 1.165) is 0 Å². The molecule has 5 rings (SSSR count). The van der Waals surface area contributed by atoms with Crippen LogP contribution in [-0.4, -0.2) is 37.3 Å². The lowest BCUT2D eigenvalue weighted by atomic mass is 9.97. The van der Waals surface area contributed by atoms with Gasteiger partial charge in [0.05, 0.1) is 23.4 Å². The van der Waals surface area contributed by atoms with Gasteiger partial charge in [0.25, 0.3) is 5.91 Å². The zero-order valence-electron chi connectivity index (χ0n) is 19.0. The molecule has 172 valence electrons. The van der Waals surface area contributed by atoms with E-state index in [1.807, 2.05) is 0 Å². The topological polar surface area (TPSA) is 135 Å². The van der Waals surface area contributed by atoms with Gasteiger partial charge in [-0.25, -0.2) is 4.39 Å². The third-order valence-corrected chi connectivity index (χ3v) is 6.14. The van der Waals surface area contributed by atoms with Crippen molar-refractivity contribution < 1.29 is 13.9 Å². The number of benzene rings is 1. The molecule has 4 heterocycles. The summed E-state index contributed by atoms with van der Waals surface area (Å²) in [5.41, 5.74) is 7.62. The highest BCUT2D eigenvalue weighted by Crippen LogP contribution is 2.40. The smallest absolute Gasteiger partial charge is 0.273 e. The van der Waals surface area contributed by atoms with Gasteiger partial charge in [0.15, 0.2) is 11.6 Å². The molecule has 1 atom stereocenters. The molecule has 3 aromatic rings. The average molecular weight is 460 g/mol. The molecule has 11 heteroatoms. The first kappa shape index (κ1) is 21.5. The molecule has 0 fully saturated rings. The molecule has 10 nitrogen and oxygen atoms in total. The van der Waals surface area contributed by atoms with Gasteiger partial charge in [-0.05, 0) is 39.0 Å². The number of nitrogens with zero attached hydrogens (tertiary/aromatic N) is 7. The van der Waals surface area contributed by atoms with Crippen molar-refractivity contribution in [1.29, 1.82) is 5.26 Å². The van der Waals surface area contributed by atoms with Gasteiger partial charge in [-0.15, -0.1) is 10.2 Å². The van der Waals surface area contributed by atoms with Crippen molar-refractivity contribution in [3.05, 3.63) is 47.0 Å². The van der Waals surface area contributed by atoms with Gasteiger partial charge in [-0.2, -0.15) is 15.4 Å². The summed E-state index contributed by atoms with van der Waals surface area (Å²) in [6.07, 6.45) is -0.533. The maximum absolute atomic E-state index is 14.4. The van der Waals surface area contributed by atoms with Gasteiger partial charge < -0.3 is 15.4 Å². The number of halogens is 1. The van der Waals surface area contributed by atoms with Crippen LogP contribution in [0, 0.1) is 17.1 Å². The Bertz CT molecular complexity index is 1440. The second-order valence-electron chi connectivity index (χ2n) is 8.75. The second-order valence-corrected chi connectivity index (χ2v) is 8.75. The summed E-state index contributed by atoms with van der Waals surface area (Å²) in [5.74, 6) is -0.0895. The van der Waals surface area contributed by atoms with Gasteiger partial charge in [0.2, 0.25) is 0 Å². The Morgan fingerprint density at radius 3 is 2.79 bits per heavy atom. The molecule has 0 radical (unpaired) electrons. The number of aliphatic imine (C=N–C) groups is 1. The summed E-state index contributed by atoms with van der Waals surface area (Å²) in [4.78, 5) is 19.0. The first-order chi connectivity index (χ1) is 16.1. The molecule has 0 saturated heterocycles. The first-order valence-electron chi connectivity index (χ1n) is 10.6. The maximum Gasteiger partial charge on any atom is 0.273 e. The van der Waals surface area contributed by atoms with Crippen molar-refractivity contribution in [1.82, 2.24) is 20.0 Å². The molecule has 1 aromatic carbocycles. The number of aryl methyl sites for hydroxylation is 1. The van der Waals surface area contributed by atoms with E-state index in [1.165, 1.54) is 16.8 Å². The van der Waals surface area contributed by atoms with Crippen molar-refractivity contribution in [2.75, 3.05) is 10.6 Å². The quantitative estimate of drug-likeness (QED) is 0.541. The lowest BCUT2D eigenvalue weighted by Gasteiger charge is -2.35. The lowest BCUT2D eigenvalue weighted by molar-refractivity contribution is -0.120. The monoisotopic (exact) mass is 460 g/mol. The molecule has 0 spiro atoms. The SMILES string of the molecule is C[C@H]1Oc2cc(nnc2N)-c2c(nn(C)c2C#N)CC2=NC(=O)C(C)(C)N2c2ccc(F)cc21. The van der Waals surface area contributed by atoms with Crippen molar-refractivity contribution in [2.45, 2.75) is 38.8 Å². The molecule has 1 amide bonds. The number of rotatable bonds is 0.